The molecule has 0 bridgehead atoms. The fourth-order valence-electron chi connectivity index (χ4n) is 2.07. The molecule has 0 saturated carbocycles. The number of hydrogen-bond donors (Lipinski definition) is 1. The zero-order chi connectivity index (χ0) is 15.8. The van der Waals surface area contributed by atoms with Crippen molar-refractivity contribution in [2.24, 2.45) is 0 Å². The number of benzene rings is 2. The average Bonchev–Trinajstić information content (AvgIpc) is 2.38. The van der Waals surface area contributed by atoms with Crippen LogP contribution in [0.4, 0.5) is 13.2 Å². The minimum absolute atomic E-state index is 0.0345. The van der Waals surface area contributed by atoms with Crippen LogP contribution in [0.2, 0.25) is 0 Å². The molecule has 0 spiro atoms. The highest BCUT2D eigenvalue weighted by molar-refractivity contribution is 9.10. The van der Waals surface area contributed by atoms with Crippen molar-refractivity contribution in [3.63, 3.8) is 0 Å². The second-order valence-electron chi connectivity index (χ2n) is 4.52. The minimum Gasteiger partial charge on any atom is -0.478 e. The molecule has 0 radical (unpaired) electrons. The molecule has 0 aliphatic heterocycles. The van der Waals surface area contributed by atoms with Crippen LogP contribution in [0.3, 0.4) is 0 Å². The maximum absolute atomic E-state index is 12.7. The first kappa shape index (κ1) is 15.6. The Kier molecular flexibility index (Phi) is 4.09. The molecule has 0 amide bonds. The molecule has 0 unspecified atom stereocenters. The fourth-order valence-corrected chi connectivity index (χ4v) is 2.43. The van der Waals surface area contributed by atoms with Crippen molar-refractivity contribution < 1.29 is 23.1 Å². The third kappa shape index (κ3) is 3.26. The number of rotatable bonds is 2. The SMILES string of the molecule is Cc1cc(C(F)(F)F)ccc1-c1ccc(Br)cc1C(=O)O. The van der Waals surface area contributed by atoms with Gasteiger partial charge in [-0.05, 0) is 47.9 Å². The van der Waals surface area contributed by atoms with E-state index in [1.54, 1.807) is 12.1 Å². The van der Waals surface area contributed by atoms with Crippen molar-refractivity contribution in [3.8, 4) is 11.1 Å². The lowest BCUT2D eigenvalue weighted by Gasteiger charge is -2.13. The lowest BCUT2D eigenvalue weighted by Crippen LogP contribution is -2.06. The summed E-state index contributed by atoms with van der Waals surface area (Å²) in [5.74, 6) is -1.13. The molecule has 0 atom stereocenters. The van der Waals surface area contributed by atoms with Crippen molar-refractivity contribution in [1.29, 1.82) is 0 Å². The van der Waals surface area contributed by atoms with Gasteiger partial charge in [0.05, 0.1) is 11.1 Å². The van der Waals surface area contributed by atoms with Crippen LogP contribution < -0.4 is 0 Å². The Labute approximate surface area is 127 Å². The molecule has 21 heavy (non-hydrogen) atoms. The van der Waals surface area contributed by atoms with Gasteiger partial charge >= 0.3 is 12.1 Å². The number of carbonyl (C=O) groups is 1. The summed E-state index contributed by atoms with van der Waals surface area (Å²) in [5.41, 5.74) is 0.504. The molecule has 0 fully saturated rings. The number of halogens is 4. The zero-order valence-corrected chi connectivity index (χ0v) is 12.4. The predicted molar refractivity (Wildman–Crippen MR) is 76.3 cm³/mol. The molecule has 2 aromatic rings. The van der Waals surface area contributed by atoms with Crippen LogP contribution in [0.5, 0.6) is 0 Å². The molecule has 0 heterocycles. The number of carboxylic acid groups (broad SMARTS) is 1. The van der Waals surface area contributed by atoms with Crippen molar-refractivity contribution in [1.82, 2.24) is 0 Å². The summed E-state index contributed by atoms with van der Waals surface area (Å²) in [6, 6.07) is 7.92. The predicted octanol–water partition coefficient (Wildman–Crippen LogP) is 5.14. The summed E-state index contributed by atoms with van der Waals surface area (Å²) in [6.07, 6.45) is -4.42. The Morgan fingerprint density at radius 3 is 2.24 bits per heavy atom. The number of hydrogen-bond acceptors (Lipinski definition) is 1. The first-order valence-corrected chi connectivity index (χ1v) is 6.70. The largest absolute Gasteiger partial charge is 0.478 e. The molecule has 110 valence electrons. The lowest BCUT2D eigenvalue weighted by molar-refractivity contribution is -0.137. The van der Waals surface area contributed by atoms with Gasteiger partial charge in [-0.1, -0.05) is 28.1 Å². The quantitative estimate of drug-likeness (QED) is 0.806. The van der Waals surface area contributed by atoms with E-state index >= 15 is 0 Å². The van der Waals surface area contributed by atoms with Crippen molar-refractivity contribution in [3.05, 3.63) is 57.6 Å². The average molecular weight is 359 g/mol. The van der Waals surface area contributed by atoms with E-state index in [9.17, 15) is 23.1 Å². The summed E-state index contributed by atoms with van der Waals surface area (Å²) in [5, 5.41) is 9.23. The van der Waals surface area contributed by atoms with Gasteiger partial charge in [-0.2, -0.15) is 13.2 Å². The number of aryl methyl sites for hydroxylation is 1. The molecule has 1 N–H and O–H groups in total. The van der Waals surface area contributed by atoms with Gasteiger partial charge in [-0.3, -0.25) is 0 Å². The van der Waals surface area contributed by atoms with Gasteiger partial charge in [0, 0.05) is 4.47 Å². The van der Waals surface area contributed by atoms with E-state index in [1.165, 1.54) is 19.1 Å². The molecule has 0 saturated heterocycles. The Morgan fingerprint density at radius 2 is 1.71 bits per heavy atom. The molecule has 0 aliphatic rings. The van der Waals surface area contributed by atoms with Crippen LogP contribution in [0.1, 0.15) is 21.5 Å². The third-order valence-electron chi connectivity index (χ3n) is 3.06. The third-order valence-corrected chi connectivity index (χ3v) is 3.55. The van der Waals surface area contributed by atoms with E-state index in [4.69, 9.17) is 0 Å². The van der Waals surface area contributed by atoms with Gasteiger partial charge in [0.1, 0.15) is 0 Å². The van der Waals surface area contributed by atoms with Crippen molar-refractivity contribution >= 4 is 21.9 Å². The minimum atomic E-state index is -4.42. The van der Waals surface area contributed by atoms with Crippen LogP contribution in [-0.2, 0) is 6.18 Å². The molecular weight excluding hydrogens is 349 g/mol. The van der Waals surface area contributed by atoms with Gasteiger partial charge in [0.15, 0.2) is 0 Å². The smallest absolute Gasteiger partial charge is 0.416 e. The van der Waals surface area contributed by atoms with Gasteiger partial charge in [0.2, 0.25) is 0 Å². The Hall–Kier alpha value is -1.82. The summed E-state index contributed by atoms with van der Waals surface area (Å²) in [4.78, 5) is 11.3. The molecule has 0 aliphatic carbocycles. The Balaban J connectivity index is 2.61. The summed E-state index contributed by atoms with van der Waals surface area (Å²) >= 11 is 3.18. The number of carboxylic acids is 1. The number of aromatic carboxylic acids is 1. The van der Waals surface area contributed by atoms with E-state index in [1.807, 2.05) is 0 Å². The molecule has 0 aromatic heterocycles. The lowest BCUT2D eigenvalue weighted by atomic mass is 9.94. The Morgan fingerprint density at radius 1 is 1.10 bits per heavy atom. The van der Waals surface area contributed by atoms with Gasteiger partial charge in [0.25, 0.3) is 0 Å². The molecule has 2 nitrogen and oxygen atoms in total. The molecule has 2 aromatic carbocycles. The summed E-state index contributed by atoms with van der Waals surface area (Å²) < 4.78 is 38.6. The van der Waals surface area contributed by atoms with Crippen molar-refractivity contribution in [2.75, 3.05) is 0 Å². The summed E-state index contributed by atoms with van der Waals surface area (Å²) in [6.45, 7) is 1.53. The first-order chi connectivity index (χ1) is 9.70. The van der Waals surface area contributed by atoms with Crippen LogP contribution in [-0.4, -0.2) is 11.1 Å². The topological polar surface area (TPSA) is 37.3 Å². The monoisotopic (exact) mass is 358 g/mol. The highest BCUT2D eigenvalue weighted by Crippen LogP contribution is 2.34. The van der Waals surface area contributed by atoms with Gasteiger partial charge < -0.3 is 5.11 Å². The molecule has 6 heteroatoms. The molecular formula is C15H10BrF3O2. The fraction of sp³-hybridized carbons (Fsp3) is 0.133. The van der Waals surface area contributed by atoms with Crippen LogP contribution >= 0.6 is 15.9 Å². The zero-order valence-electron chi connectivity index (χ0n) is 10.8. The second kappa shape index (κ2) is 5.52. The summed E-state index contributed by atoms with van der Waals surface area (Å²) in [7, 11) is 0. The van der Waals surface area contributed by atoms with E-state index in [0.717, 1.165) is 12.1 Å². The van der Waals surface area contributed by atoms with Crippen LogP contribution in [0, 0.1) is 6.92 Å². The van der Waals surface area contributed by atoms with E-state index in [2.05, 4.69) is 15.9 Å². The Bertz CT molecular complexity index is 709. The second-order valence-corrected chi connectivity index (χ2v) is 5.44. The highest BCUT2D eigenvalue weighted by atomic mass is 79.9. The van der Waals surface area contributed by atoms with Crippen LogP contribution in [0.15, 0.2) is 40.9 Å². The maximum atomic E-state index is 12.7. The standard InChI is InChI=1S/C15H10BrF3O2/c1-8-6-9(15(17,18)19)2-4-11(8)12-5-3-10(16)7-13(12)14(20)21/h2-7H,1H3,(H,20,21). The number of alkyl halides is 3. The van der Waals surface area contributed by atoms with E-state index in [-0.39, 0.29) is 5.56 Å². The van der Waals surface area contributed by atoms with Gasteiger partial charge in [-0.25, -0.2) is 4.79 Å². The van der Waals surface area contributed by atoms with Crippen molar-refractivity contribution in [2.45, 2.75) is 13.1 Å². The van der Waals surface area contributed by atoms with Gasteiger partial charge in [-0.15, -0.1) is 0 Å². The van der Waals surface area contributed by atoms with E-state index in [0.29, 0.717) is 21.2 Å². The maximum Gasteiger partial charge on any atom is 0.416 e. The van der Waals surface area contributed by atoms with E-state index < -0.39 is 17.7 Å². The molecule has 2 rings (SSSR count). The van der Waals surface area contributed by atoms with Crippen LogP contribution in [0.25, 0.3) is 11.1 Å². The first-order valence-electron chi connectivity index (χ1n) is 5.91. The highest BCUT2D eigenvalue weighted by Gasteiger charge is 2.30. The normalized spacial score (nSPS) is 11.5.